The highest BCUT2D eigenvalue weighted by atomic mass is 79.9. The van der Waals surface area contributed by atoms with Crippen LogP contribution in [-0.4, -0.2) is 4.98 Å². The van der Waals surface area contributed by atoms with Crippen molar-refractivity contribution in [1.29, 1.82) is 0 Å². The summed E-state index contributed by atoms with van der Waals surface area (Å²) in [6.45, 7) is 3.56. The van der Waals surface area contributed by atoms with E-state index in [4.69, 9.17) is 0 Å². The lowest BCUT2D eigenvalue weighted by molar-refractivity contribution is 0.609. The van der Waals surface area contributed by atoms with Crippen molar-refractivity contribution in [2.24, 2.45) is 0 Å². The van der Waals surface area contributed by atoms with Gasteiger partial charge in [0.05, 0.1) is 6.20 Å². The second kappa shape index (κ2) is 2.66. The van der Waals surface area contributed by atoms with Crippen molar-refractivity contribution in [1.82, 2.24) is 4.98 Å². The molecule has 0 saturated carbocycles. The van der Waals surface area contributed by atoms with E-state index in [1.165, 1.54) is 6.20 Å². The molecule has 0 amide bonds. The Morgan fingerprint density at radius 1 is 1.40 bits per heavy atom. The van der Waals surface area contributed by atoms with E-state index < -0.39 is 0 Å². The van der Waals surface area contributed by atoms with Crippen molar-refractivity contribution in [3.63, 3.8) is 0 Å². The van der Waals surface area contributed by atoms with Gasteiger partial charge in [-0.3, -0.25) is 0 Å². The van der Waals surface area contributed by atoms with Crippen LogP contribution in [0.2, 0.25) is 0 Å². The van der Waals surface area contributed by atoms with Crippen LogP contribution >= 0.6 is 15.9 Å². The van der Waals surface area contributed by atoms with Crippen LogP contribution < -0.4 is 0 Å². The fraction of sp³-hybridized carbons (Fsp3) is 0.286. The van der Waals surface area contributed by atoms with Crippen LogP contribution in [0.3, 0.4) is 0 Å². The quantitative estimate of drug-likeness (QED) is 0.592. The van der Waals surface area contributed by atoms with E-state index >= 15 is 0 Å². The molecule has 0 aliphatic heterocycles. The fourth-order valence-corrected chi connectivity index (χ4v) is 1.04. The smallest absolute Gasteiger partial charge is 0.144 e. The van der Waals surface area contributed by atoms with E-state index in [9.17, 15) is 4.39 Å². The Kier molecular flexibility index (Phi) is 2.04. The molecule has 0 N–H and O–H groups in total. The number of hydrogen-bond donors (Lipinski definition) is 0. The second-order valence-corrected chi connectivity index (χ2v) is 2.90. The molecule has 0 unspecified atom stereocenters. The molecule has 0 aliphatic rings. The summed E-state index contributed by atoms with van der Waals surface area (Å²) in [4.78, 5) is 3.78. The average Bonchev–Trinajstić information content (AvgIpc) is 1.93. The highest BCUT2D eigenvalue weighted by Crippen LogP contribution is 2.17. The van der Waals surface area contributed by atoms with Gasteiger partial charge in [-0.25, -0.2) is 9.37 Å². The van der Waals surface area contributed by atoms with Gasteiger partial charge in [0.1, 0.15) is 10.4 Å². The molecule has 0 saturated heterocycles. The standard InChI is InChI=1S/C7H7BrFN/c1-4-5(2)7(8)10-3-6(4)9/h3H,1-2H3. The molecule has 1 heterocycles. The summed E-state index contributed by atoms with van der Waals surface area (Å²) >= 11 is 3.20. The Bertz CT molecular complexity index is 233. The van der Waals surface area contributed by atoms with Crippen LogP contribution in [0.1, 0.15) is 11.1 Å². The number of pyridine rings is 1. The van der Waals surface area contributed by atoms with Gasteiger partial charge < -0.3 is 0 Å². The fourth-order valence-electron chi connectivity index (χ4n) is 0.641. The summed E-state index contributed by atoms with van der Waals surface area (Å²) in [6, 6.07) is 0. The molecule has 10 heavy (non-hydrogen) atoms. The van der Waals surface area contributed by atoms with Crippen LogP contribution in [0, 0.1) is 19.7 Å². The maximum absolute atomic E-state index is 12.7. The maximum Gasteiger partial charge on any atom is 0.144 e. The minimum absolute atomic E-state index is 0.249. The number of nitrogens with zero attached hydrogens (tertiary/aromatic N) is 1. The van der Waals surface area contributed by atoms with E-state index in [2.05, 4.69) is 20.9 Å². The van der Waals surface area contributed by atoms with Gasteiger partial charge >= 0.3 is 0 Å². The molecule has 1 nitrogen and oxygen atoms in total. The van der Waals surface area contributed by atoms with Gasteiger partial charge in [0.15, 0.2) is 0 Å². The monoisotopic (exact) mass is 203 g/mol. The highest BCUT2D eigenvalue weighted by Gasteiger charge is 2.03. The summed E-state index contributed by atoms with van der Waals surface area (Å²) in [6.07, 6.45) is 1.21. The summed E-state index contributed by atoms with van der Waals surface area (Å²) < 4.78 is 13.4. The number of halogens is 2. The number of aromatic nitrogens is 1. The lowest BCUT2D eigenvalue weighted by Gasteiger charge is -2.01. The van der Waals surface area contributed by atoms with Crippen molar-refractivity contribution in [2.75, 3.05) is 0 Å². The molecule has 1 aromatic rings. The molecule has 1 rings (SSSR count). The Balaban J connectivity index is 3.34. The first-order valence-corrected chi connectivity index (χ1v) is 3.69. The van der Waals surface area contributed by atoms with Crippen LogP contribution in [0.15, 0.2) is 10.8 Å². The largest absolute Gasteiger partial charge is 0.246 e. The van der Waals surface area contributed by atoms with Crippen molar-refractivity contribution in [3.8, 4) is 0 Å². The number of hydrogen-bond acceptors (Lipinski definition) is 1. The molecule has 0 aliphatic carbocycles. The van der Waals surface area contributed by atoms with Gasteiger partial charge in [-0.1, -0.05) is 0 Å². The molecule has 54 valence electrons. The van der Waals surface area contributed by atoms with Gasteiger partial charge in [0, 0.05) is 0 Å². The molecule has 0 radical (unpaired) electrons. The van der Waals surface area contributed by atoms with Crippen LogP contribution in [0.5, 0.6) is 0 Å². The molecule has 0 fully saturated rings. The van der Waals surface area contributed by atoms with E-state index in [0.29, 0.717) is 10.2 Å². The van der Waals surface area contributed by atoms with E-state index in [1.807, 2.05) is 6.92 Å². The topological polar surface area (TPSA) is 12.9 Å². The third-order valence-electron chi connectivity index (χ3n) is 1.52. The van der Waals surface area contributed by atoms with Crippen molar-refractivity contribution < 1.29 is 4.39 Å². The first-order valence-electron chi connectivity index (χ1n) is 2.90. The summed E-state index contributed by atoms with van der Waals surface area (Å²) in [5.74, 6) is -0.249. The Hall–Kier alpha value is -0.440. The van der Waals surface area contributed by atoms with E-state index in [1.54, 1.807) is 6.92 Å². The molecule has 0 atom stereocenters. The molecule has 0 bridgehead atoms. The molecule has 0 spiro atoms. The van der Waals surface area contributed by atoms with E-state index in [-0.39, 0.29) is 5.82 Å². The minimum Gasteiger partial charge on any atom is -0.246 e. The molecule has 1 aromatic heterocycles. The third kappa shape index (κ3) is 1.19. The Morgan fingerprint density at radius 2 is 2.00 bits per heavy atom. The molecular formula is C7H7BrFN. The zero-order valence-corrected chi connectivity index (χ0v) is 7.37. The lowest BCUT2D eigenvalue weighted by atomic mass is 10.2. The summed E-state index contributed by atoms with van der Waals surface area (Å²) in [7, 11) is 0. The first kappa shape index (κ1) is 7.66. The first-order chi connectivity index (χ1) is 4.63. The van der Waals surface area contributed by atoms with Gasteiger partial charge in [-0.15, -0.1) is 0 Å². The van der Waals surface area contributed by atoms with Crippen LogP contribution in [-0.2, 0) is 0 Å². The normalized spacial score (nSPS) is 10.0. The summed E-state index contributed by atoms with van der Waals surface area (Å²) in [5, 5.41) is 0. The zero-order chi connectivity index (χ0) is 7.72. The van der Waals surface area contributed by atoms with Crippen molar-refractivity contribution in [2.45, 2.75) is 13.8 Å². The lowest BCUT2D eigenvalue weighted by Crippen LogP contribution is -1.90. The minimum atomic E-state index is -0.249. The average molecular weight is 204 g/mol. The van der Waals surface area contributed by atoms with E-state index in [0.717, 1.165) is 5.56 Å². The Labute approximate surface area is 67.4 Å². The van der Waals surface area contributed by atoms with Crippen LogP contribution in [0.25, 0.3) is 0 Å². The van der Waals surface area contributed by atoms with Crippen LogP contribution in [0.4, 0.5) is 4.39 Å². The highest BCUT2D eigenvalue weighted by molar-refractivity contribution is 9.10. The van der Waals surface area contributed by atoms with Gasteiger partial charge in [0.2, 0.25) is 0 Å². The third-order valence-corrected chi connectivity index (χ3v) is 2.32. The molecule has 3 heteroatoms. The summed E-state index contributed by atoms with van der Waals surface area (Å²) in [5.41, 5.74) is 1.52. The van der Waals surface area contributed by atoms with Gasteiger partial charge in [-0.2, -0.15) is 0 Å². The zero-order valence-electron chi connectivity index (χ0n) is 5.78. The predicted molar refractivity (Wildman–Crippen MR) is 41.4 cm³/mol. The van der Waals surface area contributed by atoms with Gasteiger partial charge in [-0.05, 0) is 40.9 Å². The van der Waals surface area contributed by atoms with Crippen molar-refractivity contribution in [3.05, 3.63) is 27.7 Å². The second-order valence-electron chi connectivity index (χ2n) is 2.15. The molecule has 0 aromatic carbocycles. The SMILES string of the molecule is Cc1c(F)cnc(Br)c1C. The predicted octanol–water partition coefficient (Wildman–Crippen LogP) is 2.60. The molecular weight excluding hydrogens is 197 g/mol. The van der Waals surface area contributed by atoms with Gasteiger partial charge in [0.25, 0.3) is 0 Å². The Morgan fingerprint density at radius 3 is 2.50 bits per heavy atom. The number of rotatable bonds is 0. The maximum atomic E-state index is 12.7. The van der Waals surface area contributed by atoms with Crippen molar-refractivity contribution >= 4 is 15.9 Å².